The van der Waals surface area contributed by atoms with Gasteiger partial charge in [-0.15, -0.1) is 12.4 Å². The molecule has 0 spiro atoms. The molecular weight excluding hydrogens is 398 g/mol. The number of sulfonamides is 1. The minimum atomic E-state index is -3.53. The SMILES string of the molecule is CC(C)CC(CN)NC(=O)c1ccc(S(=O)(=O)N2CC(C)CC(C)C2)cc1.Cl. The zero-order valence-corrected chi connectivity index (χ0v) is 18.9. The highest BCUT2D eigenvalue weighted by Crippen LogP contribution is 2.26. The zero-order chi connectivity index (χ0) is 20.2. The first kappa shape index (κ1) is 24.9. The van der Waals surface area contributed by atoms with Crippen LogP contribution in [0.1, 0.15) is 50.9 Å². The van der Waals surface area contributed by atoms with E-state index in [1.54, 1.807) is 16.4 Å². The largest absolute Gasteiger partial charge is 0.348 e. The summed E-state index contributed by atoms with van der Waals surface area (Å²) in [5.41, 5.74) is 6.18. The van der Waals surface area contributed by atoms with Crippen molar-refractivity contribution in [3.63, 3.8) is 0 Å². The summed E-state index contributed by atoms with van der Waals surface area (Å²) >= 11 is 0. The van der Waals surface area contributed by atoms with Gasteiger partial charge in [-0.05, 0) is 54.9 Å². The molecule has 0 saturated carbocycles. The minimum Gasteiger partial charge on any atom is -0.348 e. The molecule has 3 N–H and O–H groups in total. The Labute approximate surface area is 175 Å². The van der Waals surface area contributed by atoms with E-state index in [-0.39, 0.29) is 29.3 Å². The van der Waals surface area contributed by atoms with Crippen LogP contribution in [0.15, 0.2) is 29.2 Å². The van der Waals surface area contributed by atoms with E-state index in [1.165, 1.54) is 12.1 Å². The molecule has 1 aromatic carbocycles. The predicted octanol–water partition coefficient (Wildman–Crippen LogP) is 2.88. The lowest BCUT2D eigenvalue weighted by Gasteiger charge is -2.34. The Morgan fingerprint density at radius 2 is 1.71 bits per heavy atom. The van der Waals surface area contributed by atoms with Gasteiger partial charge in [0.2, 0.25) is 10.0 Å². The van der Waals surface area contributed by atoms with Crippen LogP contribution in [0.25, 0.3) is 0 Å². The number of hydrogen-bond acceptors (Lipinski definition) is 4. The monoisotopic (exact) mass is 431 g/mol. The third-order valence-electron chi connectivity index (χ3n) is 4.97. The van der Waals surface area contributed by atoms with Crippen LogP contribution in [0.5, 0.6) is 0 Å². The van der Waals surface area contributed by atoms with Crippen LogP contribution in [0.3, 0.4) is 0 Å². The van der Waals surface area contributed by atoms with Crippen molar-refractivity contribution in [2.75, 3.05) is 19.6 Å². The highest BCUT2D eigenvalue weighted by molar-refractivity contribution is 7.89. The van der Waals surface area contributed by atoms with Crippen LogP contribution in [0.2, 0.25) is 0 Å². The molecule has 160 valence electrons. The fourth-order valence-corrected chi connectivity index (χ4v) is 5.46. The third-order valence-corrected chi connectivity index (χ3v) is 6.81. The molecule has 0 radical (unpaired) electrons. The van der Waals surface area contributed by atoms with Gasteiger partial charge in [0.25, 0.3) is 5.91 Å². The molecule has 6 nitrogen and oxygen atoms in total. The molecule has 1 heterocycles. The number of halogens is 1. The standard InChI is InChI=1S/C20H33N3O3S.ClH/c1-14(2)9-18(11-21)22-20(24)17-5-7-19(8-6-17)27(25,26)23-12-15(3)10-16(4)13-23;/h5-8,14-16,18H,9-13,21H2,1-4H3,(H,22,24);1H. The van der Waals surface area contributed by atoms with E-state index in [9.17, 15) is 13.2 Å². The Morgan fingerprint density at radius 1 is 1.18 bits per heavy atom. The van der Waals surface area contributed by atoms with Gasteiger partial charge in [-0.3, -0.25) is 4.79 Å². The van der Waals surface area contributed by atoms with Crippen LogP contribution >= 0.6 is 12.4 Å². The first-order valence-corrected chi connectivity index (χ1v) is 11.2. The molecule has 1 saturated heterocycles. The molecule has 1 fully saturated rings. The summed E-state index contributed by atoms with van der Waals surface area (Å²) in [6.07, 6.45) is 1.85. The summed E-state index contributed by atoms with van der Waals surface area (Å²) in [6, 6.07) is 6.10. The second-order valence-corrected chi connectivity index (χ2v) is 10.3. The number of amides is 1. The molecule has 1 aromatic rings. The average Bonchev–Trinajstić information content (AvgIpc) is 2.60. The van der Waals surface area contributed by atoms with Crippen LogP contribution < -0.4 is 11.1 Å². The number of piperidine rings is 1. The van der Waals surface area contributed by atoms with E-state index in [0.29, 0.717) is 43.0 Å². The third kappa shape index (κ3) is 6.44. The van der Waals surface area contributed by atoms with Crippen molar-refractivity contribution in [3.05, 3.63) is 29.8 Å². The van der Waals surface area contributed by atoms with Crippen LogP contribution in [0.4, 0.5) is 0 Å². The number of rotatable bonds is 7. The van der Waals surface area contributed by atoms with Crippen LogP contribution in [-0.4, -0.2) is 44.3 Å². The Bertz CT molecular complexity index is 728. The minimum absolute atomic E-state index is 0. The Hall–Kier alpha value is -1.15. The van der Waals surface area contributed by atoms with E-state index in [4.69, 9.17) is 5.73 Å². The fourth-order valence-electron chi connectivity index (χ4n) is 3.78. The molecule has 1 aliphatic heterocycles. The highest BCUT2D eigenvalue weighted by atomic mass is 35.5. The van der Waals surface area contributed by atoms with E-state index < -0.39 is 10.0 Å². The number of benzene rings is 1. The summed E-state index contributed by atoms with van der Waals surface area (Å²) in [5.74, 6) is 0.904. The van der Waals surface area contributed by atoms with Crippen molar-refractivity contribution in [1.29, 1.82) is 0 Å². The summed E-state index contributed by atoms with van der Waals surface area (Å²) < 4.78 is 27.4. The predicted molar refractivity (Wildman–Crippen MR) is 115 cm³/mol. The number of carbonyl (C=O) groups is 1. The van der Waals surface area contributed by atoms with E-state index in [2.05, 4.69) is 33.0 Å². The van der Waals surface area contributed by atoms with Gasteiger partial charge in [0.1, 0.15) is 0 Å². The molecule has 0 aliphatic carbocycles. The van der Waals surface area contributed by atoms with E-state index >= 15 is 0 Å². The number of nitrogens with zero attached hydrogens (tertiary/aromatic N) is 1. The topological polar surface area (TPSA) is 92.5 Å². The molecule has 1 aliphatic rings. The van der Waals surface area contributed by atoms with Crippen molar-refractivity contribution in [2.45, 2.75) is 51.5 Å². The summed E-state index contributed by atoms with van der Waals surface area (Å²) in [5, 5.41) is 2.92. The second-order valence-electron chi connectivity index (χ2n) is 8.33. The average molecular weight is 432 g/mol. The molecular formula is C20H34ClN3O3S. The molecule has 3 atom stereocenters. The maximum Gasteiger partial charge on any atom is 0.251 e. The highest BCUT2D eigenvalue weighted by Gasteiger charge is 2.31. The van der Waals surface area contributed by atoms with E-state index in [0.717, 1.165) is 12.8 Å². The van der Waals surface area contributed by atoms with Gasteiger partial charge in [-0.1, -0.05) is 27.7 Å². The van der Waals surface area contributed by atoms with Crippen LogP contribution in [0, 0.1) is 17.8 Å². The molecule has 2 rings (SSSR count). The number of carbonyl (C=O) groups excluding carboxylic acids is 1. The maximum absolute atomic E-state index is 12.9. The van der Waals surface area contributed by atoms with Crippen molar-refractivity contribution >= 4 is 28.3 Å². The van der Waals surface area contributed by atoms with Gasteiger partial charge in [0, 0.05) is 31.2 Å². The van der Waals surface area contributed by atoms with Crippen LogP contribution in [-0.2, 0) is 10.0 Å². The quantitative estimate of drug-likeness (QED) is 0.694. The normalized spacial score (nSPS) is 21.8. The molecule has 8 heteroatoms. The molecule has 1 amide bonds. The number of nitrogens with two attached hydrogens (primary N) is 1. The fraction of sp³-hybridized carbons (Fsp3) is 0.650. The van der Waals surface area contributed by atoms with Gasteiger partial charge < -0.3 is 11.1 Å². The number of nitrogens with one attached hydrogen (secondary N) is 1. The second kappa shape index (κ2) is 10.6. The van der Waals surface area contributed by atoms with Crippen molar-refractivity contribution in [3.8, 4) is 0 Å². The lowest BCUT2D eigenvalue weighted by Crippen LogP contribution is -2.42. The van der Waals surface area contributed by atoms with Gasteiger partial charge in [-0.2, -0.15) is 4.31 Å². The lowest BCUT2D eigenvalue weighted by molar-refractivity contribution is 0.0933. The molecule has 0 aromatic heterocycles. The van der Waals surface area contributed by atoms with Gasteiger partial charge >= 0.3 is 0 Å². The Balaban J connectivity index is 0.00000392. The lowest BCUT2D eigenvalue weighted by atomic mass is 9.94. The summed E-state index contributed by atoms with van der Waals surface area (Å²) in [6.45, 7) is 9.78. The van der Waals surface area contributed by atoms with E-state index in [1.807, 2.05) is 0 Å². The Kier molecular flexibility index (Phi) is 9.40. The summed E-state index contributed by atoms with van der Waals surface area (Å²) in [4.78, 5) is 12.7. The smallest absolute Gasteiger partial charge is 0.251 e. The zero-order valence-electron chi connectivity index (χ0n) is 17.2. The number of hydrogen-bond donors (Lipinski definition) is 2. The van der Waals surface area contributed by atoms with Crippen molar-refractivity contribution < 1.29 is 13.2 Å². The molecule has 3 unspecified atom stereocenters. The van der Waals surface area contributed by atoms with Crippen molar-refractivity contribution in [2.24, 2.45) is 23.5 Å². The summed E-state index contributed by atoms with van der Waals surface area (Å²) in [7, 11) is -3.53. The first-order valence-electron chi connectivity index (χ1n) is 9.74. The van der Waals surface area contributed by atoms with Gasteiger partial charge in [0.05, 0.1) is 4.90 Å². The molecule has 28 heavy (non-hydrogen) atoms. The van der Waals surface area contributed by atoms with Gasteiger partial charge in [0.15, 0.2) is 0 Å². The first-order chi connectivity index (χ1) is 12.6. The van der Waals surface area contributed by atoms with Crippen molar-refractivity contribution in [1.82, 2.24) is 9.62 Å². The Morgan fingerprint density at radius 3 is 2.18 bits per heavy atom. The molecule has 0 bridgehead atoms. The maximum atomic E-state index is 12.9. The van der Waals surface area contributed by atoms with Gasteiger partial charge in [-0.25, -0.2) is 8.42 Å².